The number of anilines is 1. The highest BCUT2D eigenvalue weighted by Gasteiger charge is 2.30. The van der Waals surface area contributed by atoms with Crippen LogP contribution in [0.3, 0.4) is 0 Å². The average Bonchev–Trinajstić information content (AvgIpc) is 2.76. The second-order valence-corrected chi connectivity index (χ2v) is 4.58. The predicted octanol–water partition coefficient (Wildman–Crippen LogP) is 1.18. The number of carboxylic acid groups (broad SMARTS) is 1. The van der Waals surface area contributed by atoms with Crippen LogP contribution in [0.25, 0.3) is 0 Å². The van der Waals surface area contributed by atoms with Crippen molar-refractivity contribution in [2.24, 2.45) is 11.8 Å². The Hall–Kier alpha value is -1.88. The van der Waals surface area contributed by atoms with Crippen molar-refractivity contribution in [3.8, 4) is 0 Å². The van der Waals surface area contributed by atoms with Gasteiger partial charge in [-0.2, -0.15) is 0 Å². The highest BCUT2D eigenvalue weighted by atomic mass is 16.4. The summed E-state index contributed by atoms with van der Waals surface area (Å²) in [6.45, 7) is 3.47. The van der Waals surface area contributed by atoms with Gasteiger partial charge in [0.05, 0.1) is 17.2 Å². The molecular weight excluding hydrogens is 232 g/mol. The van der Waals surface area contributed by atoms with E-state index < -0.39 is 5.97 Å². The van der Waals surface area contributed by atoms with Crippen molar-refractivity contribution in [3.05, 3.63) is 29.8 Å². The quantitative estimate of drug-likeness (QED) is 0.750. The van der Waals surface area contributed by atoms with Gasteiger partial charge in [-0.25, -0.2) is 4.79 Å². The summed E-state index contributed by atoms with van der Waals surface area (Å²) in [4.78, 5) is 23.1. The third-order valence-electron chi connectivity index (χ3n) is 3.27. The molecule has 1 heterocycles. The molecule has 5 heteroatoms. The second-order valence-electron chi connectivity index (χ2n) is 4.58. The number of hydrogen-bond acceptors (Lipinski definition) is 3. The first-order valence-corrected chi connectivity index (χ1v) is 5.93. The molecule has 2 rings (SSSR count). The first kappa shape index (κ1) is 12.6. The standard InChI is InChI=1S/C13H16N2O3/c1-8-6-14-7-10(8)12(16)15-11-5-3-2-4-9(11)13(17)18/h2-5,8,10,14H,6-7H2,1H3,(H,15,16)(H,17,18). The van der Waals surface area contributed by atoms with Gasteiger partial charge in [0.2, 0.25) is 5.91 Å². The van der Waals surface area contributed by atoms with Crippen LogP contribution in [0.5, 0.6) is 0 Å². The minimum atomic E-state index is -1.04. The fourth-order valence-corrected chi connectivity index (χ4v) is 2.17. The van der Waals surface area contributed by atoms with Crippen LogP contribution in [0, 0.1) is 11.8 Å². The SMILES string of the molecule is CC1CNCC1C(=O)Nc1ccccc1C(=O)O. The van der Waals surface area contributed by atoms with Gasteiger partial charge in [-0.3, -0.25) is 4.79 Å². The molecular formula is C13H16N2O3. The topological polar surface area (TPSA) is 78.4 Å². The average molecular weight is 248 g/mol. The Morgan fingerprint density at radius 3 is 2.67 bits per heavy atom. The van der Waals surface area contributed by atoms with Crippen LogP contribution in [0.2, 0.25) is 0 Å². The number of rotatable bonds is 3. The lowest BCUT2D eigenvalue weighted by atomic mass is 9.97. The molecule has 0 spiro atoms. The van der Waals surface area contributed by atoms with Crippen LogP contribution in [-0.4, -0.2) is 30.1 Å². The number of carbonyl (C=O) groups is 2. The molecule has 1 fully saturated rings. The van der Waals surface area contributed by atoms with Crippen molar-refractivity contribution < 1.29 is 14.7 Å². The summed E-state index contributed by atoms with van der Waals surface area (Å²) in [5.41, 5.74) is 0.471. The van der Waals surface area contributed by atoms with Gasteiger partial charge in [0.25, 0.3) is 0 Å². The summed E-state index contributed by atoms with van der Waals surface area (Å²) in [5.74, 6) is -1.00. The minimum absolute atomic E-state index is 0.105. The molecule has 0 aromatic heterocycles. The molecule has 96 valence electrons. The van der Waals surface area contributed by atoms with Gasteiger partial charge < -0.3 is 15.7 Å². The molecule has 2 unspecified atom stereocenters. The van der Waals surface area contributed by atoms with E-state index in [4.69, 9.17) is 5.11 Å². The number of para-hydroxylation sites is 1. The van der Waals surface area contributed by atoms with Crippen molar-refractivity contribution in [3.63, 3.8) is 0 Å². The summed E-state index contributed by atoms with van der Waals surface area (Å²) in [6.07, 6.45) is 0. The first-order chi connectivity index (χ1) is 8.59. The van der Waals surface area contributed by atoms with Crippen molar-refractivity contribution in [2.45, 2.75) is 6.92 Å². The molecule has 0 aliphatic carbocycles. The molecule has 1 saturated heterocycles. The molecule has 0 bridgehead atoms. The van der Waals surface area contributed by atoms with E-state index in [9.17, 15) is 9.59 Å². The maximum Gasteiger partial charge on any atom is 0.337 e. The summed E-state index contributed by atoms with van der Waals surface area (Å²) < 4.78 is 0. The Morgan fingerprint density at radius 2 is 2.06 bits per heavy atom. The van der Waals surface area contributed by atoms with E-state index in [-0.39, 0.29) is 23.3 Å². The zero-order valence-electron chi connectivity index (χ0n) is 10.1. The van der Waals surface area contributed by atoms with Crippen molar-refractivity contribution in [1.29, 1.82) is 0 Å². The van der Waals surface area contributed by atoms with E-state index in [0.29, 0.717) is 12.2 Å². The van der Waals surface area contributed by atoms with Gasteiger partial charge in [0.1, 0.15) is 0 Å². The second kappa shape index (κ2) is 5.18. The summed E-state index contributed by atoms with van der Waals surface area (Å²) in [5, 5.41) is 14.9. The molecule has 0 saturated carbocycles. The molecule has 2 atom stereocenters. The maximum atomic E-state index is 12.1. The molecule has 1 aliphatic rings. The third-order valence-corrected chi connectivity index (χ3v) is 3.27. The fraction of sp³-hybridized carbons (Fsp3) is 0.385. The maximum absolute atomic E-state index is 12.1. The third kappa shape index (κ3) is 2.51. The molecule has 18 heavy (non-hydrogen) atoms. The highest BCUT2D eigenvalue weighted by Crippen LogP contribution is 2.20. The highest BCUT2D eigenvalue weighted by molar-refractivity contribution is 6.01. The van der Waals surface area contributed by atoms with Gasteiger partial charge in [0, 0.05) is 6.54 Å². The van der Waals surface area contributed by atoms with Crippen LogP contribution in [0.15, 0.2) is 24.3 Å². The van der Waals surface area contributed by atoms with Crippen LogP contribution >= 0.6 is 0 Å². The lowest BCUT2D eigenvalue weighted by Crippen LogP contribution is -2.28. The van der Waals surface area contributed by atoms with E-state index in [2.05, 4.69) is 10.6 Å². The Balaban J connectivity index is 2.14. The zero-order valence-corrected chi connectivity index (χ0v) is 10.1. The molecule has 1 amide bonds. The summed E-state index contributed by atoms with van der Waals surface area (Å²) in [6, 6.07) is 6.43. The number of amides is 1. The van der Waals surface area contributed by atoms with Crippen molar-refractivity contribution >= 4 is 17.6 Å². The Bertz CT molecular complexity index is 473. The summed E-state index contributed by atoms with van der Waals surface area (Å²) >= 11 is 0. The van der Waals surface area contributed by atoms with E-state index in [1.807, 2.05) is 6.92 Å². The van der Waals surface area contributed by atoms with Gasteiger partial charge in [0.15, 0.2) is 0 Å². The number of hydrogen-bond donors (Lipinski definition) is 3. The zero-order chi connectivity index (χ0) is 13.1. The first-order valence-electron chi connectivity index (χ1n) is 5.93. The van der Waals surface area contributed by atoms with Gasteiger partial charge in [-0.1, -0.05) is 19.1 Å². The van der Waals surface area contributed by atoms with Gasteiger partial charge >= 0.3 is 5.97 Å². The molecule has 3 N–H and O–H groups in total. The molecule has 1 aromatic carbocycles. The van der Waals surface area contributed by atoms with Gasteiger partial charge in [-0.05, 0) is 24.6 Å². The lowest BCUT2D eigenvalue weighted by Gasteiger charge is -2.15. The lowest BCUT2D eigenvalue weighted by molar-refractivity contribution is -0.120. The smallest absolute Gasteiger partial charge is 0.337 e. The molecule has 1 aliphatic heterocycles. The normalized spacial score (nSPS) is 22.7. The Morgan fingerprint density at radius 1 is 1.33 bits per heavy atom. The monoisotopic (exact) mass is 248 g/mol. The fourth-order valence-electron chi connectivity index (χ4n) is 2.17. The molecule has 0 radical (unpaired) electrons. The predicted molar refractivity (Wildman–Crippen MR) is 67.6 cm³/mol. The Labute approximate surface area is 105 Å². The number of carbonyl (C=O) groups excluding carboxylic acids is 1. The number of benzene rings is 1. The summed E-state index contributed by atoms with van der Waals surface area (Å²) in [7, 11) is 0. The number of nitrogens with one attached hydrogen (secondary N) is 2. The van der Waals surface area contributed by atoms with Crippen LogP contribution in [0.4, 0.5) is 5.69 Å². The van der Waals surface area contributed by atoms with Crippen LogP contribution in [-0.2, 0) is 4.79 Å². The largest absolute Gasteiger partial charge is 0.478 e. The molecule has 5 nitrogen and oxygen atoms in total. The van der Waals surface area contributed by atoms with Crippen molar-refractivity contribution in [2.75, 3.05) is 18.4 Å². The van der Waals surface area contributed by atoms with Crippen LogP contribution < -0.4 is 10.6 Å². The van der Waals surface area contributed by atoms with E-state index >= 15 is 0 Å². The number of carboxylic acids is 1. The number of aromatic carboxylic acids is 1. The van der Waals surface area contributed by atoms with E-state index in [1.54, 1.807) is 18.2 Å². The Kier molecular flexibility index (Phi) is 3.62. The minimum Gasteiger partial charge on any atom is -0.478 e. The van der Waals surface area contributed by atoms with Crippen molar-refractivity contribution in [1.82, 2.24) is 5.32 Å². The van der Waals surface area contributed by atoms with E-state index in [0.717, 1.165) is 6.54 Å². The van der Waals surface area contributed by atoms with Gasteiger partial charge in [-0.15, -0.1) is 0 Å². The van der Waals surface area contributed by atoms with E-state index in [1.165, 1.54) is 6.07 Å². The molecule has 1 aromatic rings. The van der Waals surface area contributed by atoms with Crippen LogP contribution in [0.1, 0.15) is 17.3 Å².